The summed E-state index contributed by atoms with van der Waals surface area (Å²) in [5, 5.41) is 0. The average Bonchev–Trinajstić information content (AvgIpc) is 3.22. The van der Waals surface area contributed by atoms with Crippen LogP contribution in [0.4, 0.5) is 11.4 Å². The van der Waals surface area contributed by atoms with Crippen LogP contribution in [0, 0.1) is 6.92 Å². The molecule has 0 aromatic heterocycles. The Morgan fingerprint density at radius 2 is 1.26 bits per heavy atom. The van der Waals surface area contributed by atoms with Crippen molar-refractivity contribution in [3.8, 4) is 0 Å². The Labute approximate surface area is 201 Å². The molecule has 0 unspecified atom stereocenters. The number of rotatable bonds is 3. The zero-order valence-electron chi connectivity index (χ0n) is 19.7. The van der Waals surface area contributed by atoms with Crippen LogP contribution >= 0.6 is 0 Å². The van der Waals surface area contributed by atoms with Crippen molar-refractivity contribution in [2.75, 3.05) is 4.90 Å². The maximum absolute atomic E-state index is 14.4. The van der Waals surface area contributed by atoms with E-state index < -0.39 is 11.0 Å². The molecule has 0 amide bonds. The van der Waals surface area contributed by atoms with Crippen LogP contribution in [0.5, 0.6) is 0 Å². The first-order chi connectivity index (χ1) is 16.5. The Kier molecular flexibility index (Phi) is 4.44. The third-order valence-electron chi connectivity index (χ3n) is 7.82. The Morgan fingerprint density at radius 3 is 1.94 bits per heavy atom. The molecule has 0 saturated carbocycles. The quantitative estimate of drug-likeness (QED) is 0.331. The van der Waals surface area contributed by atoms with E-state index in [-0.39, 0.29) is 5.78 Å². The molecule has 4 aromatic rings. The molecule has 4 aromatic carbocycles. The first kappa shape index (κ1) is 20.7. The van der Waals surface area contributed by atoms with E-state index in [9.17, 15) is 4.79 Å². The molecule has 0 bridgehead atoms. The largest absolute Gasteiger partial charge is 0.325 e. The molecule has 2 heteroatoms. The molecule has 1 aliphatic carbocycles. The number of benzene rings is 4. The van der Waals surface area contributed by atoms with Crippen LogP contribution < -0.4 is 4.90 Å². The summed E-state index contributed by atoms with van der Waals surface area (Å²) in [7, 11) is 0. The van der Waals surface area contributed by atoms with Crippen molar-refractivity contribution in [2.45, 2.75) is 31.7 Å². The second kappa shape index (κ2) is 7.30. The molecule has 2 nitrogen and oxygen atoms in total. The minimum absolute atomic E-state index is 0.192. The molecule has 1 aliphatic heterocycles. The number of allylic oxidation sites excluding steroid dienone is 1. The number of fused-ring (bicyclic) bond motifs is 3. The van der Waals surface area contributed by atoms with Crippen LogP contribution in [-0.2, 0) is 15.7 Å². The number of carbonyl (C=O) groups excluding carboxylic acids is 1. The molecule has 1 heterocycles. The standard InChI is InChI=1S/C32H27NO/c1-22-18-20-26(21-19-22)33-28-17-11-10-16-27(28)31(3)30(34)23(2)29(24-12-6-4-7-13-24)32(31,33)25-14-8-5-9-15-25/h4-21H,1-3H3/t31-,32+/m0/s1. The van der Waals surface area contributed by atoms with Gasteiger partial charge in [0.25, 0.3) is 0 Å². The van der Waals surface area contributed by atoms with Gasteiger partial charge in [0, 0.05) is 11.4 Å². The maximum atomic E-state index is 14.4. The number of para-hydroxylation sites is 1. The predicted molar refractivity (Wildman–Crippen MR) is 139 cm³/mol. The highest BCUT2D eigenvalue weighted by Crippen LogP contribution is 2.69. The molecule has 0 N–H and O–H groups in total. The van der Waals surface area contributed by atoms with Crippen molar-refractivity contribution in [3.05, 3.63) is 137 Å². The minimum atomic E-state index is -0.773. The van der Waals surface area contributed by atoms with E-state index >= 15 is 0 Å². The van der Waals surface area contributed by atoms with E-state index in [4.69, 9.17) is 0 Å². The molecule has 34 heavy (non-hydrogen) atoms. The summed E-state index contributed by atoms with van der Waals surface area (Å²) in [4.78, 5) is 16.8. The highest BCUT2D eigenvalue weighted by atomic mass is 16.1. The second-order valence-electron chi connectivity index (χ2n) is 9.58. The van der Waals surface area contributed by atoms with E-state index in [1.165, 1.54) is 5.56 Å². The van der Waals surface area contributed by atoms with Crippen molar-refractivity contribution < 1.29 is 4.79 Å². The third-order valence-corrected chi connectivity index (χ3v) is 7.82. The van der Waals surface area contributed by atoms with Gasteiger partial charge in [0.15, 0.2) is 5.78 Å². The van der Waals surface area contributed by atoms with Crippen molar-refractivity contribution in [1.29, 1.82) is 0 Å². The molecule has 2 aliphatic rings. The van der Waals surface area contributed by atoms with Gasteiger partial charge in [0.05, 0.1) is 5.41 Å². The number of hydrogen-bond acceptors (Lipinski definition) is 2. The van der Waals surface area contributed by atoms with E-state index in [2.05, 4.69) is 116 Å². The number of hydrogen-bond donors (Lipinski definition) is 0. The molecule has 6 rings (SSSR count). The molecular formula is C32H27NO. The van der Waals surface area contributed by atoms with Crippen molar-refractivity contribution in [3.63, 3.8) is 0 Å². The fourth-order valence-corrected chi connectivity index (χ4v) is 6.40. The van der Waals surface area contributed by atoms with Crippen LogP contribution in [0.25, 0.3) is 5.57 Å². The lowest BCUT2D eigenvalue weighted by Gasteiger charge is -2.47. The van der Waals surface area contributed by atoms with Gasteiger partial charge in [0.1, 0.15) is 5.54 Å². The summed E-state index contributed by atoms with van der Waals surface area (Å²) < 4.78 is 0. The molecule has 0 spiro atoms. The minimum Gasteiger partial charge on any atom is -0.325 e. The SMILES string of the molecule is CC1=C(c2ccccc2)[C@@]2(c3ccccc3)N(c3ccc(C)cc3)c3ccccc3[C@@]2(C)C1=O. The first-order valence-corrected chi connectivity index (χ1v) is 11.8. The summed E-state index contributed by atoms with van der Waals surface area (Å²) in [6.07, 6.45) is 0. The van der Waals surface area contributed by atoms with Gasteiger partial charge in [-0.25, -0.2) is 0 Å². The zero-order chi connectivity index (χ0) is 23.5. The van der Waals surface area contributed by atoms with Gasteiger partial charge < -0.3 is 4.90 Å². The maximum Gasteiger partial charge on any atom is 0.172 e. The van der Waals surface area contributed by atoms with E-state index in [0.717, 1.165) is 39.2 Å². The van der Waals surface area contributed by atoms with Gasteiger partial charge in [-0.3, -0.25) is 4.79 Å². The predicted octanol–water partition coefficient (Wildman–Crippen LogP) is 7.36. The second-order valence-corrected chi connectivity index (χ2v) is 9.58. The van der Waals surface area contributed by atoms with E-state index in [1.54, 1.807) is 0 Å². The first-order valence-electron chi connectivity index (χ1n) is 11.8. The highest BCUT2D eigenvalue weighted by Gasteiger charge is 2.70. The lowest BCUT2D eigenvalue weighted by atomic mass is 9.63. The number of carbonyl (C=O) groups is 1. The van der Waals surface area contributed by atoms with Crippen LogP contribution in [0.15, 0.2) is 115 Å². The molecule has 0 saturated heterocycles. The highest BCUT2D eigenvalue weighted by molar-refractivity contribution is 6.21. The fraction of sp³-hybridized carbons (Fsp3) is 0.156. The topological polar surface area (TPSA) is 20.3 Å². The van der Waals surface area contributed by atoms with Gasteiger partial charge in [-0.15, -0.1) is 0 Å². The van der Waals surface area contributed by atoms with Gasteiger partial charge in [-0.2, -0.15) is 0 Å². The Morgan fingerprint density at radius 1 is 0.676 bits per heavy atom. The van der Waals surface area contributed by atoms with E-state index in [0.29, 0.717) is 0 Å². The molecule has 0 radical (unpaired) electrons. The Hall–Kier alpha value is -3.91. The zero-order valence-corrected chi connectivity index (χ0v) is 19.7. The van der Waals surface area contributed by atoms with Crippen LogP contribution in [0.3, 0.4) is 0 Å². The number of aryl methyl sites for hydroxylation is 1. The van der Waals surface area contributed by atoms with Gasteiger partial charge in [-0.05, 0) is 66.8 Å². The smallest absolute Gasteiger partial charge is 0.172 e. The molecule has 2 atom stereocenters. The molecular weight excluding hydrogens is 414 g/mol. The van der Waals surface area contributed by atoms with Crippen LogP contribution in [0.1, 0.15) is 36.1 Å². The average molecular weight is 442 g/mol. The summed E-state index contributed by atoms with van der Waals surface area (Å²) >= 11 is 0. The van der Waals surface area contributed by atoms with E-state index in [1.807, 2.05) is 19.1 Å². The normalized spacial score (nSPS) is 23.3. The van der Waals surface area contributed by atoms with Crippen molar-refractivity contribution in [1.82, 2.24) is 0 Å². The number of Topliss-reactive ketones (excluding diaryl/α,β-unsaturated/α-hetero) is 1. The molecule has 0 fully saturated rings. The number of ketones is 1. The monoisotopic (exact) mass is 441 g/mol. The van der Waals surface area contributed by atoms with Crippen LogP contribution in [0.2, 0.25) is 0 Å². The van der Waals surface area contributed by atoms with Crippen LogP contribution in [-0.4, -0.2) is 5.78 Å². The van der Waals surface area contributed by atoms with Gasteiger partial charge in [-0.1, -0.05) is 96.6 Å². The number of anilines is 2. The fourth-order valence-electron chi connectivity index (χ4n) is 6.40. The van der Waals surface area contributed by atoms with Crippen molar-refractivity contribution in [2.24, 2.45) is 0 Å². The summed E-state index contributed by atoms with van der Waals surface area (Å²) in [5.41, 5.74) is 7.12. The Balaban J connectivity index is 1.81. The summed E-state index contributed by atoms with van der Waals surface area (Å²) in [5.74, 6) is 0.192. The van der Waals surface area contributed by atoms with Crippen molar-refractivity contribution >= 4 is 22.7 Å². The lowest BCUT2D eigenvalue weighted by molar-refractivity contribution is -0.120. The lowest BCUT2D eigenvalue weighted by Crippen LogP contribution is -2.53. The molecule has 166 valence electrons. The number of nitrogens with zero attached hydrogens (tertiary/aromatic N) is 1. The van der Waals surface area contributed by atoms with Gasteiger partial charge >= 0.3 is 0 Å². The summed E-state index contributed by atoms with van der Waals surface area (Å²) in [6.45, 7) is 6.26. The third kappa shape index (κ3) is 2.43. The van der Waals surface area contributed by atoms with Gasteiger partial charge in [0.2, 0.25) is 0 Å². The Bertz CT molecular complexity index is 1440. The summed E-state index contributed by atoms with van der Waals surface area (Å²) in [6, 6.07) is 38.1.